The second kappa shape index (κ2) is 6.29. The van der Waals surface area contributed by atoms with Crippen molar-refractivity contribution in [3.8, 4) is 11.1 Å². The molecule has 100 valence electrons. The van der Waals surface area contributed by atoms with E-state index in [0.717, 1.165) is 0 Å². The summed E-state index contributed by atoms with van der Waals surface area (Å²) < 4.78 is 0. The zero-order valence-corrected chi connectivity index (χ0v) is 13.0. The fourth-order valence-corrected chi connectivity index (χ4v) is 2.90. The largest absolute Gasteiger partial charge is 0.123 e. The van der Waals surface area contributed by atoms with Crippen molar-refractivity contribution in [1.82, 2.24) is 0 Å². The van der Waals surface area contributed by atoms with E-state index in [1.165, 1.54) is 21.6 Å². The maximum absolute atomic E-state index is 2.23. The van der Waals surface area contributed by atoms with Crippen molar-refractivity contribution in [1.29, 1.82) is 0 Å². The lowest BCUT2D eigenvalue weighted by Crippen LogP contribution is -1.87. The van der Waals surface area contributed by atoms with Crippen LogP contribution in [0.5, 0.6) is 0 Å². The first kappa shape index (κ1) is 14.2. The van der Waals surface area contributed by atoms with Crippen LogP contribution in [0, 0.1) is 0 Å². The summed E-state index contributed by atoms with van der Waals surface area (Å²) in [6, 6.07) is 17.8. The van der Waals surface area contributed by atoms with Crippen LogP contribution in [0.3, 0.4) is 0 Å². The Morgan fingerprint density at radius 3 is 1.58 bits per heavy atom. The highest BCUT2D eigenvalue weighted by atomic mass is 32.2. The number of rotatable bonds is 4. The molecule has 0 unspecified atom stereocenters. The van der Waals surface area contributed by atoms with E-state index < -0.39 is 0 Å². The summed E-state index contributed by atoms with van der Waals surface area (Å²) in [7, 11) is 0. The molecule has 1 heteroatoms. The molecule has 0 bridgehead atoms. The molecule has 0 saturated heterocycles. The minimum atomic E-state index is 0.596. The van der Waals surface area contributed by atoms with E-state index in [0.29, 0.717) is 11.2 Å². The van der Waals surface area contributed by atoms with Crippen molar-refractivity contribution in [3.63, 3.8) is 0 Å². The minimum absolute atomic E-state index is 0.596. The average Bonchev–Trinajstić information content (AvgIpc) is 2.39. The predicted octanol–water partition coefficient (Wildman–Crippen LogP) is 5.98. The van der Waals surface area contributed by atoms with Crippen molar-refractivity contribution in [2.75, 3.05) is 0 Å². The van der Waals surface area contributed by atoms with Gasteiger partial charge in [-0.1, -0.05) is 64.1 Å². The van der Waals surface area contributed by atoms with E-state index in [1.807, 2.05) is 11.8 Å². The van der Waals surface area contributed by atoms with Crippen LogP contribution in [-0.4, -0.2) is 5.25 Å². The first-order valence-corrected chi connectivity index (χ1v) is 7.81. The van der Waals surface area contributed by atoms with Crippen molar-refractivity contribution in [2.24, 2.45) is 0 Å². The van der Waals surface area contributed by atoms with Gasteiger partial charge in [0.15, 0.2) is 0 Å². The molecule has 0 aliphatic heterocycles. The number of benzene rings is 2. The fraction of sp³-hybridized carbons (Fsp3) is 0.333. The standard InChI is InChI=1S/C18H22S/c1-13(2)15-5-7-16(8-6-15)17-9-11-18(12-10-17)19-14(3)4/h5-14H,1-4H3. The van der Waals surface area contributed by atoms with Gasteiger partial charge in [0.25, 0.3) is 0 Å². The van der Waals surface area contributed by atoms with Gasteiger partial charge >= 0.3 is 0 Å². The molecular formula is C18H22S. The van der Waals surface area contributed by atoms with Crippen LogP contribution in [-0.2, 0) is 0 Å². The maximum Gasteiger partial charge on any atom is 0.00749 e. The Bertz CT molecular complexity index is 506. The first-order valence-electron chi connectivity index (χ1n) is 6.93. The Hall–Kier alpha value is -1.21. The molecule has 2 aromatic carbocycles. The van der Waals surface area contributed by atoms with Gasteiger partial charge in [-0.2, -0.15) is 0 Å². The molecule has 2 rings (SSSR count). The molecular weight excluding hydrogens is 248 g/mol. The van der Waals surface area contributed by atoms with Gasteiger partial charge in [-0.3, -0.25) is 0 Å². The summed E-state index contributed by atoms with van der Waals surface area (Å²) in [4.78, 5) is 1.34. The highest BCUT2D eigenvalue weighted by Crippen LogP contribution is 2.27. The SMILES string of the molecule is CC(C)Sc1ccc(-c2ccc(C(C)C)cc2)cc1. The highest BCUT2D eigenvalue weighted by Gasteiger charge is 2.02. The van der Waals surface area contributed by atoms with Gasteiger partial charge in [0.2, 0.25) is 0 Å². The van der Waals surface area contributed by atoms with Gasteiger partial charge in [0.05, 0.1) is 0 Å². The average molecular weight is 270 g/mol. The third-order valence-electron chi connectivity index (χ3n) is 3.14. The Labute approximate surface area is 121 Å². The normalized spacial score (nSPS) is 11.3. The monoisotopic (exact) mass is 270 g/mol. The summed E-state index contributed by atoms with van der Waals surface area (Å²) in [5.74, 6) is 0.596. The van der Waals surface area contributed by atoms with E-state index in [-0.39, 0.29) is 0 Å². The van der Waals surface area contributed by atoms with Gasteiger partial charge in [0.1, 0.15) is 0 Å². The van der Waals surface area contributed by atoms with Gasteiger partial charge in [0, 0.05) is 10.1 Å². The molecule has 0 heterocycles. The zero-order valence-electron chi connectivity index (χ0n) is 12.2. The molecule has 2 aromatic rings. The van der Waals surface area contributed by atoms with Crippen LogP contribution < -0.4 is 0 Å². The zero-order chi connectivity index (χ0) is 13.8. The third kappa shape index (κ3) is 3.87. The van der Waals surface area contributed by atoms with Gasteiger partial charge in [-0.05, 0) is 34.7 Å². The van der Waals surface area contributed by atoms with Gasteiger partial charge in [-0.15, -0.1) is 11.8 Å². The van der Waals surface area contributed by atoms with Crippen LogP contribution in [0.1, 0.15) is 39.2 Å². The molecule has 0 saturated carbocycles. The van der Waals surface area contributed by atoms with Gasteiger partial charge in [-0.25, -0.2) is 0 Å². The highest BCUT2D eigenvalue weighted by molar-refractivity contribution is 7.99. The van der Waals surface area contributed by atoms with E-state index in [2.05, 4.69) is 76.2 Å². The molecule has 0 radical (unpaired) electrons. The fourth-order valence-electron chi connectivity index (χ4n) is 2.06. The molecule has 0 nitrogen and oxygen atoms in total. The van der Waals surface area contributed by atoms with E-state index in [4.69, 9.17) is 0 Å². The van der Waals surface area contributed by atoms with Gasteiger partial charge < -0.3 is 0 Å². The van der Waals surface area contributed by atoms with Crippen molar-refractivity contribution in [3.05, 3.63) is 54.1 Å². The second-order valence-corrected chi connectivity index (χ2v) is 7.12. The molecule has 0 fully saturated rings. The molecule has 0 N–H and O–H groups in total. The van der Waals surface area contributed by atoms with Crippen molar-refractivity contribution >= 4 is 11.8 Å². The summed E-state index contributed by atoms with van der Waals surface area (Å²) in [5.41, 5.74) is 3.99. The van der Waals surface area contributed by atoms with E-state index in [1.54, 1.807) is 0 Å². The molecule has 0 aliphatic carbocycles. The summed E-state index contributed by atoms with van der Waals surface area (Å²) >= 11 is 1.91. The summed E-state index contributed by atoms with van der Waals surface area (Å²) in [5, 5.41) is 0.635. The molecule has 0 aliphatic rings. The molecule has 0 atom stereocenters. The summed E-state index contributed by atoms with van der Waals surface area (Å²) in [6.45, 7) is 8.91. The number of hydrogen-bond acceptors (Lipinski definition) is 1. The molecule has 0 amide bonds. The van der Waals surface area contributed by atoms with E-state index >= 15 is 0 Å². The van der Waals surface area contributed by atoms with Crippen LogP contribution in [0.25, 0.3) is 11.1 Å². The smallest absolute Gasteiger partial charge is 0.00749 e. The topological polar surface area (TPSA) is 0 Å². The first-order chi connectivity index (χ1) is 9.06. The second-order valence-electron chi connectivity index (χ2n) is 5.47. The van der Waals surface area contributed by atoms with Crippen LogP contribution in [0.4, 0.5) is 0 Å². The number of hydrogen-bond donors (Lipinski definition) is 0. The van der Waals surface area contributed by atoms with Crippen LogP contribution >= 0.6 is 11.8 Å². The van der Waals surface area contributed by atoms with Crippen LogP contribution in [0.2, 0.25) is 0 Å². The Kier molecular flexibility index (Phi) is 4.71. The quantitative estimate of drug-likeness (QED) is 0.616. The Balaban J connectivity index is 2.17. The number of thioether (sulfide) groups is 1. The Morgan fingerprint density at radius 2 is 1.16 bits per heavy atom. The maximum atomic E-state index is 2.23. The third-order valence-corrected chi connectivity index (χ3v) is 4.15. The predicted molar refractivity (Wildman–Crippen MR) is 87.0 cm³/mol. The molecule has 19 heavy (non-hydrogen) atoms. The van der Waals surface area contributed by atoms with E-state index in [9.17, 15) is 0 Å². The van der Waals surface area contributed by atoms with Crippen LogP contribution in [0.15, 0.2) is 53.4 Å². The van der Waals surface area contributed by atoms with Crippen molar-refractivity contribution < 1.29 is 0 Å². The molecule has 0 spiro atoms. The lowest BCUT2D eigenvalue weighted by atomic mass is 9.99. The van der Waals surface area contributed by atoms with Crippen molar-refractivity contribution in [2.45, 2.75) is 43.8 Å². The Morgan fingerprint density at radius 1 is 0.684 bits per heavy atom. The summed E-state index contributed by atoms with van der Waals surface area (Å²) in [6.07, 6.45) is 0. The lowest BCUT2D eigenvalue weighted by Gasteiger charge is -2.08. The minimum Gasteiger partial charge on any atom is -0.123 e. The molecule has 0 aromatic heterocycles. The lowest BCUT2D eigenvalue weighted by molar-refractivity contribution is 0.867.